The van der Waals surface area contributed by atoms with Crippen LogP contribution in [0.25, 0.3) is 0 Å². The monoisotopic (exact) mass is 340 g/mol. The van der Waals surface area contributed by atoms with Crippen LogP contribution in [0.4, 0.5) is 5.00 Å². The van der Waals surface area contributed by atoms with Gasteiger partial charge in [-0.15, -0.1) is 11.3 Å². The van der Waals surface area contributed by atoms with Gasteiger partial charge in [0.25, 0.3) is 5.91 Å². The first-order chi connectivity index (χ1) is 11.6. The van der Waals surface area contributed by atoms with Gasteiger partial charge in [0.2, 0.25) is 5.91 Å². The van der Waals surface area contributed by atoms with Gasteiger partial charge < -0.3 is 16.0 Å². The van der Waals surface area contributed by atoms with E-state index >= 15 is 0 Å². The molecule has 0 unspecified atom stereocenters. The van der Waals surface area contributed by atoms with Gasteiger partial charge in [0.05, 0.1) is 18.3 Å². The lowest BCUT2D eigenvalue weighted by Crippen LogP contribution is -2.18. The smallest absolute Gasteiger partial charge is 0.251 e. The average Bonchev–Trinajstić information content (AvgIpc) is 3.18. The van der Waals surface area contributed by atoms with Gasteiger partial charge >= 0.3 is 0 Å². The standard InChI is InChI=1S/C17H16N4O2S/c18-16(23)14-8-13(6-11-4-2-1-3-5-11)24-17(14)21-15(22)7-12-9-19-10-20-12/h1-5,8-10H,6-7H2,(H2,18,23)(H,19,20)(H,21,22). The van der Waals surface area contributed by atoms with E-state index in [0.717, 1.165) is 10.4 Å². The molecule has 0 aliphatic rings. The second kappa shape index (κ2) is 7.10. The first-order valence-electron chi connectivity index (χ1n) is 7.35. The number of rotatable bonds is 6. The van der Waals surface area contributed by atoms with Crippen LogP contribution in [0.15, 0.2) is 48.9 Å². The van der Waals surface area contributed by atoms with Crippen LogP contribution in [0.2, 0.25) is 0 Å². The number of nitrogens with two attached hydrogens (primary N) is 1. The molecular weight excluding hydrogens is 324 g/mol. The fourth-order valence-electron chi connectivity index (χ4n) is 2.33. The Morgan fingerprint density at radius 2 is 2.04 bits per heavy atom. The van der Waals surface area contributed by atoms with Crippen molar-refractivity contribution in [2.75, 3.05) is 5.32 Å². The lowest BCUT2D eigenvalue weighted by Gasteiger charge is -2.03. The molecule has 24 heavy (non-hydrogen) atoms. The van der Waals surface area contributed by atoms with Crippen molar-refractivity contribution >= 4 is 28.2 Å². The number of aromatic nitrogens is 2. The van der Waals surface area contributed by atoms with Crippen LogP contribution in [0.5, 0.6) is 0 Å². The first kappa shape index (κ1) is 15.9. The highest BCUT2D eigenvalue weighted by Gasteiger charge is 2.16. The van der Waals surface area contributed by atoms with Crippen molar-refractivity contribution in [3.63, 3.8) is 0 Å². The number of imidazole rings is 1. The van der Waals surface area contributed by atoms with Crippen molar-refractivity contribution in [3.8, 4) is 0 Å². The van der Waals surface area contributed by atoms with Crippen LogP contribution in [-0.2, 0) is 17.6 Å². The number of amides is 2. The Balaban J connectivity index is 1.76. The summed E-state index contributed by atoms with van der Waals surface area (Å²) in [6.45, 7) is 0. The lowest BCUT2D eigenvalue weighted by atomic mass is 10.1. The number of anilines is 1. The molecule has 0 saturated carbocycles. The molecule has 2 aromatic heterocycles. The van der Waals surface area contributed by atoms with Crippen LogP contribution in [0.1, 0.15) is 26.5 Å². The van der Waals surface area contributed by atoms with E-state index in [9.17, 15) is 9.59 Å². The topological polar surface area (TPSA) is 101 Å². The van der Waals surface area contributed by atoms with Crippen LogP contribution >= 0.6 is 11.3 Å². The Morgan fingerprint density at radius 1 is 1.25 bits per heavy atom. The fourth-order valence-corrected chi connectivity index (χ4v) is 3.44. The molecule has 0 radical (unpaired) electrons. The van der Waals surface area contributed by atoms with E-state index in [0.29, 0.717) is 22.7 Å². The maximum atomic E-state index is 12.1. The van der Waals surface area contributed by atoms with Gasteiger partial charge in [-0.3, -0.25) is 9.59 Å². The minimum Gasteiger partial charge on any atom is -0.366 e. The Morgan fingerprint density at radius 3 is 2.71 bits per heavy atom. The Bertz CT molecular complexity index is 841. The molecule has 4 N–H and O–H groups in total. The molecule has 0 aliphatic heterocycles. The summed E-state index contributed by atoms with van der Waals surface area (Å²) in [4.78, 5) is 31.5. The van der Waals surface area contributed by atoms with E-state index < -0.39 is 5.91 Å². The summed E-state index contributed by atoms with van der Waals surface area (Å²) in [5.74, 6) is -0.780. The molecule has 3 rings (SSSR count). The molecule has 3 aromatic rings. The van der Waals surface area contributed by atoms with E-state index in [1.165, 1.54) is 17.7 Å². The highest BCUT2D eigenvalue weighted by atomic mass is 32.1. The van der Waals surface area contributed by atoms with Crippen LogP contribution in [0, 0.1) is 0 Å². The second-order valence-corrected chi connectivity index (χ2v) is 6.42. The maximum Gasteiger partial charge on any atom is 0.251 e. The molecule has 0 bridgehead atoms. The van der Waals surface area contributed by atoms with Gasteiger partial charge in [-0.25, -0.2) is 4.98 Å². The molecule has 122 valence electrons. The third-order valence-electron chi connectivity index (χ3n) is 3.43. The molecule has 0 aliphatic carbocycles. The zero-order valence-corrected chi connectivity index (χ0v) is 13.6. The number of carbonyl (C=O) groups excluding carboxylic acids is 2. The SMILES string of the molecule is NC(=O)c1cc(Cc2ccccc2)sc1NC(=O)Cc1cnc[nH]1. The summed E-state index contributed by atoms with van der Waals surface area (Å²) in [5.41, 5.74) is 7.60. The summed E-state index contributed by atoms with van der Waals surface area (Å²) in [6.07, 6.45) is 3.94. The first-order valence-corrected chi connectivity index (χ1v) is 8.17. The van der Waals surface area contributed by atoms with Crippen molar-refractivity contribution in [1.82, 2.24) is 9.97 Å². The van der Waals surface area contributed by atoms with Crippen LogP contribution < -0.4 is 11.1 Å². The van der Waals surface area contributed by atoms with E-state index in [4.69, 9.17) is 5.73 Å². The fraction of sp³-hybridized carbons (Fsp3) is 0.118. The number of benzene rings is 1. The molecule has 2 amide bonds. The number of thiophene rings is 1. The van der Waals surface area contributed by atoms with Gasteiger partial charge in [0, 0.05) is 23.2 Å². The third kappa shape index (κ3) is 3.88. The summed E-state index contributed by atoms with van der Waals surface area (Å²) < 4.78 is 0. The molecule has 7 heteroatoms. The number of aromatic amines is 1. The molecule has 0 fully saturated rings. The average molecular weight is 340 g/mol. The quantitative estimate of drug-likeness (QED) is 0.642. The number of primary amides is 1. The molecule has 0 saturated heterocycles. The van der Waals surface area contributed by atoms with Gasteiger partial charge in [0.15, 0.2) is 0 Å². The Hall–Kier alpha value is -2.93. The second-order valence-electron chi connectivity index (χ2n) is 5.28. The molecule has 2 heterocycles. The Labute approximate surface area is 142 Å². The van der Waals surface area contributed by atoms with Gasteiger partial charge in [0.1, 0.15) is 5.00 Å². The van der Waals surface area contributed by atoms with Crippen molar-refractivity contribution in [2.24, 2.45) is 5.73 Å². The summed E-state index contributed by atoms with van der Waals surface area (Å²) in [6, 6.07) is 11.6. The highest BCUT2D eigenvalue weighted by molar-refractivity contribution is 7.16. The molecular formula is C17H16N4O2S. The third-order valence-corrected chi connectivity index (χ3v) is 4.48. The van der Waals surface area contributed by atoms with Crippen molar-refractivity contribution in [1.29, 1.82) is 0 Å². The van der Waals surface area contributed by atoms with E-state index in [1.807, 2.05) is 30.3 Å². The van der Waals surface area contributed by atoms with E-state index in [1.54, 1.807) is 12.3 Å². The number of nitrogens with zero attached hydrogens (tertiary/aromatic N) is 1. The number of carbonyl (C=O) groups is 2. The number of hydrogen-bond donors (Lipinski definition) is 3. The molecule has 0 spiro atoms. The summed E-state index contributed by atoms with van der Waals surface area (Å²) >= 11 is 1.37. The van der Waals surface area contributed by atoms with Crippen molar-refractivity contribution < 1.29 is 9.59 Å². The minimum atomic E-state index is -0.553. The highest BCUT2D eigenvalue weighted by Crippen LogP contribution is 2.29. The van der Waals surface area contributed by atoms with Gasteiger partial charge in [-0.2, -0.15) is 0 Å². The zero-order valence-electron chi connectivity index (χ0n) is 12.8. The normalized spacial score (nSPS) is 10.5. The predicted molar refractivity (Wildman–Crippen MR) is 93.0 cm³/mol. The Kier molecular flexibility index (Phi) is 4.72. The minimum absolute atomic E-state index is 0.157. The van der Waals surface area contributed by atoms with Crippen molar-refractivity contribution in [2.45, 2.75) is 12.8 Å². The van der Waals surface area contributed by atoms with E-state index in [-0.39, 0.29) is 12.3 Å². The molecule has 0 atom stereocenters. The van der Waals surface area contributed by atoms with Crippen molar-refractivity contribution in [3.05, 3.63) is 70.6 Å². The lowest BCUT2D eigenvalue weighted by molar-refractivity contribution is -0.115. The largest absolute Gasteiger partial charge is 0.366 e. The van der Waals surface area contributed by atoms with Gasteiger partial charge in [-0.1, -0.05) is 30.3 Å². The maximum absolute atomic E-state index is 12.1. The number of H-pyrrole nitrogens is 1. The van der Waals surface area contributed by atoms with Crippen LogP contribution in [-0.4, -0.2) is 21.8 Å². The number of hydrogen-bond acceptors (Lipinski definition) is 4. The summed E-state index contributed by atoms with van der Waals surface area (Å²) in [7, 11) is 0. The molecule has 6 nitrogen and oxygen atoms in total. The predicted octanol–water partition coefficient (Wildman–Crippen LogP) is 2.34. The summed E-state index contributed by atoms with van der Waals surface area (Å²) in [5, 5.41) is 3.25. The zero-order chi connectivity index (χ0) is 16.9. The molecule has 1 aromatic carbocycles. The van der Waals surface area contributed by atoms with Gasteiger partial charge in [-0.05, 0) is 11.6 Å². The van der Waals surface area contributed by atoms with E-state index in [2.05, 4.69) is 15.3 Å². The van der Waals surface area contributed by atoms with Crippen LogP contribution in [0.3, 0.4) is 0 Å². The number of nitrogens with one attached hydrogen (secondary N) is 2.